The second-order valence-corrected chi connectivity index (χ2v) is 8.08. The number of aromatic nitrogens is 4. The number of hydrogen-bond donors (Lipinski definition) is 2. The number of aliphatic imine (C=N–C) groups is 1. The van der Waals surface area contributed by atoms with Crippen LogP contribution < -0.4 is 10.5 Å². The molecule has 35 heavy (non-hydrogen) atoms. The fourth-order valence-corrected chi connectivity index (χ4v) is 4.44. The Morgan fingerprint density at radius 2 is 2.20 bits per heavy atom. The van der Waals surface area contributed by atoms with Gasteiger partial charge in [-0.1, -0.05) is 18.9 Å². The molecule has 0 atom stereocenters. The second kappa shape index (κ2) is 8.99. The van der Waals surface area contributed by atoms with Crippen molar-refractivity contribution >= 4 is 29.1 Å². The highest BCUT2D eigenvalue weighted by molar-refractivity contribution is 6.08. The van der Waals surface area contributed by atoms with Crippen molar-refractivity contribution in [1.29, 1.82) is 5.41 Å². The van der Waals surface area contributed by atoms with E-state index in [0.717, 1.165) is 29.7 Å². The first-order chi connectivity index (χ1) is 17.0. The van der Waals surface area contributed by atoms with Crippen molar-refractivity contribution in [2.45, 2.75) is 32.7 Å². The Bertz CT molecular complexity index is 1550. The molecule has 0 fully saturated rings. The SMILES string of the molecule is C#Cc1cc2c(cn1)-c1c(-c3ccc(OC(=N)/N=C\CC)c(F)c3)c3c(N)ncnc3n1CCC2. The van der Waals surface area contributed by atoms with Crippen LogP contribution in [0.25, 0.3) is 33.4 Å². The van der Waals surface area contributed by atoms with Gasteiger partial charge >= 0.3 is 6.02 Å². The van der Waals surface area contributed by atoms with Gasteiger partial charge in [-0.25, -0.2) is 29.7 Å². The number of amidine groups is 1. The third kappa shape index (κ3) is 3.89. The van der Waals surface area contributed by atoms with E-state index in [1.54, 1.807) is 12.3 Å². The first-order valence-electron chi connectivity index (χ1n) is 11.2. The number of nitrogens with one attached hydrogen (secondary N) is 1. The molecule has 4 aromatic rings. The zero-order valence-corrected chi connectivity index (χ0v) is 19.0. The molecular weight excluding hydrogens is 445 g/mol. The van der Waals surface area contributed by atoms with Crippen LogP contribution in [0.2, 0.25) is 0 Å². The average molecular weight is 468 g/mol. The van der Waals surface area contributed by atoms with Crippen molar-refractivity contribution in [3.8, 4) is 40.5 Å². The van der Waals surface area contributed by atoms with Crippen LogP contribution in [0, 0.1) is 23.6 Å². The van der Waals surface area contributed by atoms with Crippen molar-refractivity contribution in [1.82, 2.24) is 19.5 Å². The molecule has 0 saturated heterocycles. The lowest BCUT2D eigenvalue weighted by Crippen LogP contribution is -2.05. The normalized spacial score (nSPS) is 12.7. The largest absolute Gasteiger partial charge is 0.422 e. The summed E-state index contributed by atoms with van der Waals surface area (Å²) in [5.41, 5.74) is 11.6. The highest BCUT2D eigenvalue weighted by atomic mass is 19.1. The third-order valence-corrected chi connectivity index (χ3v) is 5.91. The van der Waals surface area contributed by atoms with Crippen LogP contribution >= 0.6 is 0 Å². The number of benzene rings is 1. The van der Waals surface area contributed by atoms with Crippen LogP contribution in [-0.4, -0.2) is 31.8 Å². The Morgan fingerprint density at radius 1 is 1.34 bits per heavy atom. The Kier molecular flexibility index (Phi) is 5.71. The smallest absolute Gasteiger partial charge is 0.314 e. The molecule has 1 aliphatic rings. The molecular formula is C26H22FN7O. The molecule has 174 valence electrons. The van der Waals surface area contributed by atoms with Gasteiger partial charge in [0.05, 0.1) is 11.1 Å². The first kappa shape index (κ1) is 22.2. The topological polar surface area (TPSA) is 115 Å². The Morgan fingerprint density at radius 3 is 2.97 bits per heavy atom. The lowest BCUT2D eigenvalue weighted by molar-refractivity contribution is 0.483. The van der Waals surface area contributed by atoms with E-state index in [1.165, 1.54) is 24.7 Å². The quantitative estimate of drug-likeness (QED) is 0.260. The molecule has 0 aliphatic carbocycles. The van der Waals surface area contributed by atoms with Crippen molar-refractivity contribution in [3.05, 3.63) is 53.9 Å². The molecule has 0 radical (unpaired) electrons. The second-order valence-electron chi connectivity index (χ2n) is 8.08. The van der Waals surface area contributed by atoms with Gasteiger partial charge in [0.1, 0.15) is 23.5 Å². The molecule has 0 unspecified atom stereocenters. The Balaban J connectivity index is 1.73. The standard InChI is InChI=1S/C26H22FN7O/c1-3-9-30-26(29)35-20-8-7-16(12-19(20)27)21-22-24(28)32-14-33-25(22)34-10-5-6-15-11-17(4-2)31-13-18(15)23(21)34/h2,7-9,11-14,29H,3,5-6,10H2,1H3,(H2,28,32,33)/b29-26?,30-9-. The molecule has 0 bridgehead atoms. The molecule has 1 aromatic carbocycles. The van der Waals surface area contributed by atoms with Crippen molar-refractivity contribution in [3.63, 3.8) is 0 Å². The molecule has 8 nitrogen and oxygen atoms in total. The molecule has 5 rings (SSSR count). The fourth-order valence-electron chi connectivity index (χ4n) is 4.44. The Hall–Kier alpha value is -4.58. The number of hydrogen-bond acceptors (Lipinski definition) is 6. The minimum atomic E-state index is -0.628. The van der Waals surface area contributed by atoms with E-state index in [0.29, 0.717) is 46.6 Å². The first-order valence-corrected chi connectivity index (χ1v) is 11.2. The minimum Gasteiger partial charge on any atom is -0.422 e. The van der Waals surface area contributed by atoms with Crippen LogP contribution in [0.3, 0.4) is 0 Å². The number of rotatable bonds is 3. The van der Waals surface area contributed by atoms with Crippen LogP contribution in [0.15, 0.2) is 41.8 Å². The monoisotopic (exact) mass is 467 g/mol. The van der Waals surface area contributed by atoms with E-state index < -0.39 is 5.82 Å². The lowest BCUT2D eigenvalue weighted by Gasteiger charge is -2.12. The van der Waals surface area contributed by atoms with Crippen molar-refractivity contribution in [2.24, 2.45) is 4.99 Å². The van der Waals surface area contributed by atoms with Gasteiger partial charge in [0.2, 0.25) is 0 Å². The van der Waals surface area contributed by atoms with E-state index in [4.69, 9.17) is 22.3 Å². The number of fused-ring (bicyclic) bond motifs is 5. The summed E-state index contributed by atoms with van der Waals surface area (Å²) in [6.45, 7) is 2.58. The van der Waals surface area contributed by atoms with Gasteiger partial charge in [-0.15, -0.1) is 6.42 Å². The number of ether oxygens (including phenoxy) is 1. The summed E-state index contributed by atoms with van der Waals surface area (Å²) < 4.78 is 22.5. The maximum absolute atomic E-state index is 15.2. The molecule has 4 heterocycles. The van der Waals surface area contributed by atoms with E-state index >= 15 is 4.39 Å². The number of nitrogens with two attached hydrogens (primary N) is 1. The number of terminal acetylenes is 1. The van der Waals surface area contributed by atoms with Crippen LogP contribution in [0.4, 0.5) is 10.2 Å². The van der Waals surface area contributed by atoms with Gasteiger partial charge in [0.25, 0.3) is 0 Å². The van der Waals surface area contributed by atoms with Crippen molar-refractivity contribution < 1.29 is 9.13 Å². The number of nitrogen functional groups attached to an aromatic ring is 1. The van der Waals surface area contributed by atoms with Crippen LogP contribution in [0.5, 0.6) is 5.75 Å². The molecule has 0 spiro atoms. The third-order valence-electron chi connectivity index (χ3n) is 5.91. The summed E-state index contributed by atoms with van der Waals surface area (Å²) in [4.78, 5) is 17.0. The van der Waals surface area contributed by atoms with Crippen LogP contribution in [0.1, 0.15) is 31.0 Å². The van der Waals surface area contributed by atoms with E-state index in [2.05, 4.69) is 30.4 Å². The molecule has 3 aromatic heterocycles. The molecule has 3 N–H and O–H groups in total. The highest BCUT2D eigenvalue weighted by Crippen LogP contribution is 2.45. The van der Waals surface area contributed by atoms with Crippen molar-refractivity contribution in [2.75, 3.05) is 5.73 Å². The van der Waals surface area contributed by atoms with Gasteiger partial charge in [0.15, 0.2) is 11.6 Å². The molecule has 1 aliphatic heterocycles. The van der Waals surface area contributed by atoms with E-state index in [9.17, 15) is 0 Å². The number of nitrogens with zero attached hydrogens (tertiary/aromatic N) is 5. The summed E-state index contributed by atoms with van der Waals surface area (Å²) >= 11 is 0. The summed E-state index contributed by atoms with van der Waals surface area (Å²) in [7, 11) is 0. The maximum atomic E-state index is 15.2. The number of anilines is 1. The van der Waals surface area contributed by atoms with E-state index in [-0.39, 0.29) is 11.8 Å². The van der Waals surface area contributed by atoms with Gasteiger partial charge < -0.3 is 15.0 Å². The fraction of sp³-hybridized carbons (Fsp3) is 0.192. The van der Waals surface area contributed by atoms with Crippen LogP contribution in [-0.2, 0) is 13.0 Å². The summed E-state index contributed by atoms with van der Waals surface area (Å²) in [6, 6.07) is 6.10. The average Bonchev–Trinajstić information content (AvgIpc) is 3.07. The zero-order chi connectivity index (χ0) is 24.5. The van der Waals surface area contributed by atoms with Gasteiger partial charge in [-0.2, -0.15) is 0 Å². The lowest BCUT2D eigenvalue weighted by atomic mass is 9.95. The molecule has 0 amide bonds. The molecule has 9 heteroatoms. The maximum Gasteiger partial charge on any atom is 0.314 e. The number of pyridine rings is 1. The number of aryl methyl sites for hydroxylation is 2. The van der Waals surface area contributed by atoms with Gasteiger partial charge in [0, 0.05) is 30.1 Å². The predicted molar refractivity (Wildman–Crippen MR) is 134 cm³/mol. The summed E-state index contributed by atoms with van der Waals surface area (Å²) in [5, 5.41) is 8.42. The van der Waals surface area contributed by atoms with E-state index in [1.807, 2.05) is 13.0 Å². The predicted octanol–water partition coefficient (Wildman–Crippen LogP) is 4.60. The molecule has 0 saturated carbocycles. The minimum absolute atomic E-state index is 0.0911. The van der Waals surface area contributed by atoms with Gasteiger partial charge in [-0.05, 0) is 48.6 Å². The van der Waals surface area contributed by atoms with Gasteiger partial charge in [-0.3, -0.25) is 0 Å². The zero-order valence-electron chi connectivity index (χ0n) is 19.0. The number of halogens is 1. The summed E-state index contributed by atoms with van der Waals surface area (Å²) in [5.74, 6) is 2.18. The summed E-state index contributed by atoms with van der Waals surface area (Å²) in [6.07, 6.45) is 12.6. The highest BCUT2D eigenvalue weighted by Gasteiger charge is 2.27. The Labute approximate surface area is 201 Å².